The zero-order valence-corrected chi connectivity index (χ0v) is 10.4. The average molecular weight is 238 g/mol. The van der Waals surface area contributed by atoms with Crippen LogP contribution in [0.15, 0.2) is 18.2 Å². The topological polar surface area (TPSA) is 66.6 Å². The first kappa shape index (κ1) is 13.4. The highest BCUT2D eigenvalue weighted by molar-refractivity contribution is 5.55. The molecule has 0 aliphatic carbocycles. The van der Waals surface area contributed by atoms with Gasteiger partial charge in [0, 0.05) is 25.3 Å². The van der Waals surface area contributed by atoms with Gasteiger partial charge in [0.1, 0.15) is 0 Å². The first-order valence-corrected chi connectivity index (χ1v) is 5.55. The van der Waals surface area contributed by atoms with Crippen molar-refractivity contribution < 1.29 is 10.0 Å². The third-order valence-corrected chi connectivity index (χ3v) is 2.51. The SMILES string of the molecule is CC(C)CN(C)c1ccc([N+](=O)[O-])c(CO)c1. The van der Waals surface area contributed by atoms with E-state index in [4.69, 9.17) is 5.11 Å². The van der Waals surface area contributed by atoms with Crippen LogP contribution in [-0.4, -0.2) is 23.6 Å². The third-order valence-electron chi connectivity index (χ3n) is 2.51. The lowest BCUT2D eigenvalue weighted by Crippen LogP contribution is -2.22. The summed E-state index contributed by atoms with van der Waals surface area (Å²) in [5.74, 6) is 0.507. The van der Waals surface area contributed by atoms with Gasteiger partial charge in [0.05, 0.1) is 17.1 Å². The Kier molecular flexibility index (Phi) is 4.45. The lowest BCUT2D eigenvalue weighted by molar-refractivity contribution is -0.385. The van der Waals surface area contributed by atoms with E-state index in [2.05, 4.69) is 13.8 Å². The summed E-state index contributed by atoms with van der Waals surface area (Å²) in [6.07, 6.45) is 0. The van der Waals surface area contributed by atoms with Crippen LogP contribution in [0.4, 0.5) is 11.4 Å². The van der Waals surface area contributed by atoms with Crippen LogP contribution in [0.1, 0.15) is 19.4 Å². The van der Waals surface area contributed by atoms with Gasteiger partial charge in [-0.05, 0) is 18.1 Å². The number of hydrogen-bond acceptors (Lipinski definition) is 4. The lowest BCUT2D eigenvalue weighted by atomic mass is 10.1. The highest BCUT2D eigenvalue weighted by Crippen LogP contribution is 2.24. The van der Waals surface area contributed by atoms with Gasteiger partial charge in [-0.3, -0.25) is 10.1 Å². The fourth-order valence-corrected chi connectivity index (χ4v) is 1.77. The smallest absolute Gasteiger partial charge is 0.275 e. The molecule has 0 aliphatic rings. The van der Waals surface area contributed by atoms with E-state index in [1.807, 2.05) is 11.9 Å². The number of nitrogens with zero attached hydrogens (tertiary/aromatic N) is 2. The quantitative estimate of drug-likeness (QED) is 0.630. The Morgan fingerprint density at radius 2 is 2.12 bits per heavy atom. The van der Waals surface area contributed by atoms with Gasteiger partial charge in [-0.25, -0.2) is 0 Å². The van der Waals surface area contributed by atoms with Crippen LogP contribution in [-0.2, 0) is 6.61 Å². The van der Waals surface area contributed by atoms with Gasteiger partial charge in [0.25, 0.3) is 5.69 Å². The second-order valence-electron chi connectivity index (χ2n) is 4.50. The van der Waals surface area contributed by atoms with E-state index in [0.717, 1.165) is 12.2 Å². The average Bonchev–Trinajstić information content (AvgIpc) is 2.27. The van der Waals surface area contributed by atoms with Crippen molar-refractivity contribution in [2.45, 2.75) is 20.5 Å². The predicted molar refractivity (Wildman–Crippen MR) is 67.1 cm³/mol. The molecule has 0 saturated heterocycles. The summed E-state index contributed by atoms with van der Waals surface area (Å²) in [7, 11) is 1.93. The van der Waals surface area contributed by atoms with Crippen molar-refractivity contribution in [2.24, 2.45) is 5.92 Å². The van der Waals surface area contributed by atoms with Gasteiger partial charge in [-0.2, -0.15) is 0 Å². The minimum Gasteiger partial charge on any atom is -0.391 e. The molecule has 0 heterocycles. The van der Waals surface area contributed by atoms with Crippen molar-refractivity contribution in [3.05, 3.63) is 33.9 Å². The number of hydrogen-bond donors (Lipinski definition) is 1. The van der Waals surface area contributed by atoms with Crippen molar-refractivity contribution in [3.63, 3.8) is 0 Å². The second kappa shape index (κ2) is 5.63. The van der Waals surface area contributed by atoms with E-state index in [-0.39, 0.29) is 12.3 Å². The number of aliphatic hydroxyl groups excluding tert-OH is 1. The first-order valence-electron chi connectivity index (χ1n) is 5.55. The van der Waals surface area contributed by atoms with E-state index in [1.165, 1.54) is 6.07 Å². The van der Waals surface area contributed by atoms with Crippen molar-refractivity contribution in [1.29, 1.82) is 0 Å². The van der Waals surface area contributed by atoms with Gasteiger partial charge >= 0.3 is 0 Å². The standard InChI is InChI=1S/C12H18N2O3/c1-9(2)7-13(3)11-4-5-12(14(16)17)10(6-11)8-15/h4-6,9,15H,7-8H2,1-3H3. The summed E-state index contributed by atoms with van der Waals surface area (Å²) >= 11 is 0. The van der Waals surface area contributed by atoms with Gasteiger partial charge in [0.15, 0.2) is 0 Å². The zero-order valence-electron chi connectivity index (χ0n) is 10.4. The van der Waals surface area contributed by atoms with Gasteiger partial charge in [-0.15, -0.1) is 0 Å². The Morgan fingerprint density at radius 1 is 1.47 bits per heavy atom. The molecule has 0 amide bonds. The third kappa shape index (κ3) is 3.42. The predicted octanol–water partition coefficient (Wildman–Crippen LogP) is 2.18. The Labute approximate surface area is 101 Å². The van der Waals surface area contributed by atoms with E-state index in [9.17, 15) is 10.1 Å². The molecule has 1 rings (SSSR count). The summed E-state index contributed by atoms with van der Waals surface area (Å²) in [5, 5.41) is 19.9. The molecule has 1 N–H and O–H groups in total. The van der Waals surface area contributed by atoms with E-state index in [1.54, 1.807) is 12.1 Å². The maximum absolute atomic E-state index is 10.7. The van der Waals surface area contributed by atoms with Crippen LogP contribution in [0.25, 0.3) is 0 Å². The molecular weight excluding hydrogens is 220 g/mol. The monoisotopic (exact) mass is 238 g/mol. The molecule has 0 spiro atoms. The number of benzene rings is 1. The second-order valence-corrected chi connectivity index (χ2v) is 4.50. The van der Waals surface area contributed by atoms with Crippen molar-refractivity contribution in [1.82, 2.24) is 0 Å². The van der Waals surface area contributed by atoms with E-state index in [0.29, 0.717) is 11.5 Å². The number of aliphatic hydroxyl groups is 1. The molecule has 0 unspecified atom stereocenters. The molecule has 0 radical (unpaired) electrons. The van der Waals surface area contributed by atoms with Crippen LogP contribution in [0.3, 0.4) is 0 Å². The number of anilines is 1. The summed E-state index contributed by atoms with van der Waals surface area (Å²) in [6.45, 7) is 4.76. The molecule has 0 saturated carbocycles. The van der Waals surface area contributed by atoms with E-state index >= 15 is 0 Å². The molecule has 0 aliphatic heterocycles. The minimum atomic E-state index is -0.474. The summed E-state index contributed by atoms with van der Waals surface area (Å²) in [4.78, 5) is 12.3. The molecule has 5 heteroatoms. The van der Waals surface area contributed by atoms with Crippen LogP contribution in [0.5, 0.6) is 0 Å². The molecule has 0 atom stereocenters. The maximum Gasteiger partial charge on any atom is 0.275 e. The molecule has 5 nitrogen and oxygen atoms in total. The molecule has 0 aromatic heterocycles. The van der Waals surface area contributed by atoms with Gasteiger partial charge in [-0.1, -0.05) is 13.8 Å². The largest absolute Gasteiger partial charge is 0.391 e. The van der Waals surface area contributed by atoms with Crippen LogP contribution < -0.4 is 4.90 Å². The summed E-state index contributed by atoms with van der Waals surface area (Å²) < 4.78 is 0. The fourth-order valence-electron chi connectivity index (χ4n) is 1.77. The van der Waals surface area contributed by atoms with Crippen molar-refractivity contribution >= 4 is 11.4 Å². The summed E-state index contributed by atoms with van der Waals surface area (Å²) in [6, 6.07) is 4.82. The molecule has 17 heavy (non-hydrogen) atoms. The highest BCUT2D eigenvalue weighted by Gasteiger charge is 2.14. The fraction of sp³-hybridized carbons (Fsp3) is 0.500. The van der Waals surface area contributed by atoms with E-state index < -0.39 is 4.92 Å². The van der Waals surface area contributed by atoms with Crippen LogP contribution in [0.2, 0.25) is 0 Å². The zero-order chi connectivity index (χ0) is 13.0. The Balaban J connectivity index is 3.00. The molecule has 0 fully saturated rings. The number of nitro groups is 1. The van der Waals surface area contributed by atoms with Crippen LogP contribution in [0, 0.1) is 16.0 Å². The Bertz CT molecular complexity index is 405. The maximum atomic E-state index is 10.7. The highest BCUT2D eigenvalue weighted by atomic mass is 16.6. The van der Waals surface area contributed by atoms with Crippen molar-refractivity contribution in [3.8, 4) is 0 Å². The number of rotatable bonds is 5. The molecular formula is C12H18N2O3. The summed E-state index contributed by atoms with van der Waals surface area (Å²) in [5.41, 5.74) is 1.20. The van der Waals surface area contributed by atoms with Crippen LogP contribution >= 0.6 is 0 Å². The number of nitro benzene ring substituents is 1. The molecule has 94 valence electrons. The van der Waals surface area contributed by atoms with Gasteiger partial charge in [0.2, 0.25) is 0 Å². The Hall–Kier alpha value is -1.62. The molecule has 1 aromatic rings. The lowest BCUT2D eigenvalue weighted by Gasteiger charge is -2.21. The normalized spacial score (nSPS) is 10.6. The molecule has 1 aromatic carbocycles. The van der Waals surface area contributed by atoms with Crippen molar-refractivity contribution in [2.75, 3.05) is 18.5 Å². The Morgan fingerprint density at radius 3 is 2.59 bits per heavy atom. The molecule has 0 bridgehead atoms. The van der Waals surface area contributed by atoms with Gasteiger partial charge < -0.3 is 10.0 Å². The minimum absolute atomic E-state index is 0.0332. The first-order chi connectivity index (χ1) is 7.95.